The van der Waals surface area contributed by atoms with Gasteiger partial charge in [-0.15, -0.1) is 0 Å². The molecule has 4 rings (SSSR count). The van der Waals surface area contributed by atoms with E-state index in [2.05, 4.69) is 5.32 Å². The number of nitrogens with zero attached hydrogens (tertiary/aromatic N) is 1. The first-order chi connectivity index (χ1) is 14.0. The van der Waals surface area contributed by atoms with E-state index in [4.69, 9.17) is 9.15 Å². The fourth-order valence-electron chi connectivity index (χ4n) is 3.32. The van der Waals surface area contributed by atoms with Crippen LogP contribution in [0.15, 0.2) is 65.1 Å². The number of hydrogen-bond acceptors (Lipinski definition) is 4. The van der Waals surface area contributed by atoms with Crippen molar-refractivity contribution in [1.82, 2.24) is 5.32 Å². The predicted molar refractivity (Wildman–Crippen MR) is 109 cm³/mol. The van der Waals surface area contributed by atoms with Gasteiger partial charge < -0.3 is 14.5 Å². The number of aryl methyl sites for hydroxylation is 1. The molecule has 0 fully saturated rings. The molecule has 0 spiro atoms. The Morgan fingerprint density at radius 3 is 2.72 bits per heavy atom. The molecular formula is C23H22N2O4. The van der Waals surface area contributed by atoms with Crippen LogP contribution in [0.2, 0.25) is 0 Å². The molecule has 29 heavy (non-hydrogen) atoms. The van der Waals surface area contributed by atoms with Crippen LogP contribution in [0.4, 0.5) is 5.69 Å². The molecule has 0 saturated heterocycles. The lowest BCUT2D eigenvalue weighted by molar-refractivity contribution is -0.121. The SMILES string of the molecule is Cc1ccc2c(c1)OCC(=O)N2Cc1ccc(C(=O)N[C@@H](C)c2ccccc2)o1. The molecule has 6 heteroatoms. The molecule has 2 heterocycles. The van der Waals surface area contributed by atoms with Crippen molar-refractivity contribution in [3.05, 3.63) is 83.3 Å². The average Bonchev–Trinajstić information content (AvgIpc) is 3.19. The highest BCUT2D eigenvalue weighted by molar-refractivity contribution is 5.97. The van der Waals surface area contributed by atoms with Crippen LogP contribution in [0.3, 0.4) is 0 Å². The van der Waals surface area contributed by atoms with Gasteiger partial charge in [-0.1, -0.05) is 36.4 Å². The number of furan rings is 1. The van der Waals surface area contributed by atoms with Gasteiger partial charge in [0.25, 0.3) is 11.8 Å². The molecule has 1 N–H and O–H groups in total. The lowest BCUT2D eigenvalue weighted by Crippen LogP contribution is -2.38. The minimum absolute atomic E-state index is 0.0148. The van der Waals surface area contributed by atoms with Gasteiger partial charge in [-0.3, -0.25) is 14.5 Å². The smallest absolute Gasteiger partial charge is 0.287 e. The highest BCUT2D eigenvalue weighted by Crippen LogP contribution is 2.34. The Kier molecular flexibility index (Phi) is 5.08. The Morgan fingerprint density at radius 1 is 1.14 bits per heavy atom. The van der Waals surface area contributed by atoms with Crippen LogP contribution < -0.4 is 15.0 Å². The number of anilines is 1. The van der Waals surface area contributed by atoms with E-state index in [9.17, 15) is 9.59 Å². The van der Waals surface area contributed by atoms with Crippen molar-refractivity contribution in [2.45, 2.75) is 26.4 Å². The third-order valence-corrected chi connectivity index (χ3v) is 4.90. The van der Waals surface area contributed by atoms with Crippen LogP contribution in [0.5, 0.6) is 5.75 Å². The highest BCUT2D eigenvalue weighted by atomic mass is 16.5. The van der Waals surface area contributed by atoms with Crippen molar-refractivity contribution in [3.8, 4) is 5.75 Å². The topological polar surface area (TPSA) is 71.8 Å². The molecule has 6 nitrogen and oxygen atoms in total. The molecule has 0 bridgehead atoms. The van der Waals surface area contributed by atoms with E-state index in [1.807, 2.05) is 62.4 Å². The second-order valence-corrected chi connectivity index (χ2v) is 7.11. The second kappa shape index (κ2) is 7.83. The predicted octanol–water partition coefficient (Wildman–Crippen LogP) is 4.00. The molecule has 2 aromatic carbocycles. The molecule has 0 unspecified atom stereocenters. The molecule has 3 aromatic rings. The minimum Gasteiger partial charge on any atom is -0.482 e. The third kappa shape index (κ3) is 4.01. The Morgan fingerprint density at radius 2 is 1.93 bits per heavy atom. The lowest BCUT2D eigenvalue weighted by Gasteiger charge is -2.28. The fraction of sp³-hybridized carbons (Fsp3) is 0.217. The first kappa shape index (κ1) is 18.8. The molecule has 1 aliphatic heterocycles. The summed E-state index contributed by atoms with van der Waals surface area (Å²) in [6.07, 6.45) is 0. The minimum atomic E-state index is -0.295. The summed E-state index contributed by atoms with van der Waals surface area (Å²) < 4.78 is 11.3. The molecule has 2 amide bonds. The maximum absolute atomic E-state index is 12.5. The van der Waals surface area contributed by atoms with Crippen molar-refractivity contribution >= 4 is 17.5 Å². The van der Waals surface area contributed by atoms with Crippen LogP contribution >= 0.6 is 0 Å². The van der Waals surface area contributed by atoms with Crippen molar-refractivity contribution in [2.24, 2.45) is 0 Å². The monoisotopic (exact) mass is 390 g/mol. The number of benzene rings is 2. The van der Waals surface area contributed by atoms with Gasteiger partial charge in [-0.25, -0.2) is 0 Å². The number of fused-ring (bicyclic) bond motifs is 1. The summed E-state index contributed by atoms with van der Waals surface area (Å²) in [5.74, 6) is 0.973. The van der Waals surface area contributed by atoms with E-state index in [1.54, 1.807) is 17.0 Å². The van der Waals surface area contributed by atoms with Crippen molar-refractivity contribution < 1.29 is 18.7 Å². The van der Waals surface area contributed by atoms with Crippen LogP contribution in [0, 0.1) is 6.92 Å². The fourth-order valence-corrected chi connectivity index (χ4v) is 3.32. The van der Waals surface area contributed by atoms with Gasteiger partial charge in [-0.2, -0.15) is 0 Å². The summed E-state index contributed by atoms with van der Waals surface area (Å²) >= 11 is 0. The number of rotatable bonds is 5. The quantitative estimate of drug-likeness (QED) is 0.715. The summed E-state index contributed by atoms with van der Waals surface area (Å²) in [5.41, 5.74) is 2.77. The zero-order chi connectivity index (χ0) is 20.4. The van der Waals surface area contributed by atoms with E-state index < -0.39 is 0 Å². The van der Waals surface area contributed by atoms with Crippen molar-refractivity contribution in [2.75, 3.05) is 11.5 Å². The third-order valence-electron chi connectivity index (χ3n) is 4.90. The summed E-state index contributed by atoms with van der Waals surface area (Å²) in [7, 11) is 0. The van der Waals surface area contributed by atoms with Crippen LogP contribution in [-0.4, -0.2) is 18.4 Å². The van der Waals surface area contributed by atoms with E-state index in [0.29, 0.717) is 17.2 Å². The molecular weight excluding hydrogens is 368 g/mol. The normalized spacial score (nSPS) is 14.1. The van der Waals surface area contributed by atoms with Crippen LogP contribution in [-0.2, 0) is 11.3 Å². The number of ether oxygens (including phenoxy) is 1. The maximum atomic E-state index is 12.5. The van der Waals surface area contributed by atoms with E-state index >= 15 is 0 Å². The van der Waals surface area contributed by atoms with Gasteiger partial charge in [-0.05, 0) is 49.2 Å². The zero-order valence-corrected chi connectivity index (χ0v) is 16.3. The van der Waals surface area contributed by atoms with E-state index in [0.717, 1.165) is 11.1 Å². The Hall–Kier alpha value is -3.54. The van der Waals surface area contributed by atoms with Crippen LogP contribution in [0.25, 0.3) is 0 Å². The molecule has 0 saturated carbocycles. The van der Waals surface area contributed by atoms with Crippen LogP contribution in [0.1, 0.15) is 40.4 Å². The summed E-state index contributed by atoms with van der Waals surface area (Å²) in [6.45, 7) is 4.11. The van der Waals surface area contributed by atoms with Gasteiger partial charge in [0.2, 0.25) is 0 Å². The number of carbonyl (C=O) groups is 2. The first-order valence-electron chi connectivity index (χ1n) is 9.49. The number of amides is 2. The van der Waals surface area contributed by atoms with E-state index in [1.165, 1.54) is 0 Å². The average molecular weight is 390 g/mol. The van der Waals surface area contributed by atoms with Gasteiger partial charge in [0.15, 0.2) is 12.4 Å². The van der Waals surface area contributed by atoms with Crippen molar-refractivity contribution in [1.29, 1.82) is 0 Å². The number of carbonyl (C=O) groups excluding carboxylic acids is 2. The molecule has 0 radical (unpaired) electrons. The largest absolute Gasteiger partial charge is 0.482 e. The van der Waals surface area contributed by atoms with Crippen molar-refractivity contribution in [3.63, 3.8) is 0 Å². The first-order valence-corrected chi connectivity index (χ1v) is 9.49. The molecule has 0 aliphatic carbocycles. The number of hydrogen-bond donors (Lipinski definition) is 1. The van der Waals surface area contributed by atoms with Gasteiger partial charge in [0.05, 0.1) is 18.3 Å². The summed E-state index contributed by atoms with van der Waals surface area (Å²) in [6, 6.07) is 18.6. The summed E-state index contributed by atoms with van der Waals surface area (Å²) in [4.78, 5) is 26.5. The summed E-state index contributed by atoms with van der Waals surface area (Å²) in [5, 5.41) is 2.93. The highest BCUT2D eigenvalue weighted by Gasteiger charge is 2.27. The Balaban J connectivity index is 1.47. The molecule has 1 atom stereocenters. The maximum Gasteiger partial charge on any atom is 0.287 e. The second-order valence-electron chi connectivity index (χ2n) is 7.11. The lowest BCUT2D eigenvalue weighted by atomic mass is 10.1. The zero-order valence-electron chi connectivity index (χ0n) is 16.3. The van der Waals surface area contributed by atoms with Gasteiger partial charge >= 0.3 is 0 Å². The van der Waals surface area contributed by atoms with Gasteiger partial charge in [0.1, 0.15) is 11.5 Å². The molecule has 1 aliphatic rings. The van der Waals surface area contributed by atoms with E-state index in [-0.39, 0.29) is 36.8 Å². The Labute approximate surface area is 169 Å². The standard InChI is InChI=1S/C23H22N2O4/c1-15-8-10-19-21(12-15)28-14-22(26)25(19)13-18-9-11-20(29-18)23(27)24-16(2)17-6-4-3-5-7-17/h3-12,16H,13-14H2,1-2H3,(H,24,27)/t16-/m0/s1. The van der Waals surface area contributed by atoms with Gasteiger partial charge in [0, 0.05) is 0 Å². The number of nitrogens with one attached hydrogen (secondary N) is 1. The Bertz CT molecular complexity index is 1040. The molecule has 1 aromatic heterocycles. The molecule has 148 valence electrons.